The topological polar surface area (TPSA) is 90.6 Å². The number of methoxy groups -OCH3 is 2. The second-order valence-corrected chi connectivity index (χ2v) is 6.25. The second kappa shape index (κ2) is 7.47. The largest absolute Gasteiger partial charge is 0.493 e. The molecule has 0 spiro atoms. The Bertz CT molecular complexity index is 848. The molecule has 6 nitrogen and oxygen atoms in total. The number of hydrogen-bond donors (Lipinski definition) is 2. The summed E-state index contributed by atoms with van der Waals surface area (Å²) in [5.74, 6) is -0.273. The molecule has 136 valence electrons. The molecule has 2 aromatic carbocycles. The van der Waals surface area contributed by atoms with E-state index in [4.69, 9.17) is 15.2 Å². The fourth-order valence-electron chi connectivity index (χ4n) is 3.43. The van der Waals surface area contributed by atoms with Crippen LogP contribution in [-0.4, -0.2) is 26.0 Å². The van der Waals surface area contributed by atoms with Crippen LogP contribution in [0.3, 0.4) is 0 Å². The van der Waals surface area contributed by atoms with E-state index >= 15 is 0 Å². The third-order valence-electron chi connectivity index (χ3n) is 4.73. The van der Waals surface area contributed by atoms with Crippen LogP contribution >= 0.6 is 0 Å². The van der Waals surface area contributed by atoms with Gasteiger partial charge in [0.1, 0.15) is 0 Å². The molecule has 6 heteroatoms. The van der Waals surface area contributed by atoms with Crippen molar-refractivity contribution in [3.05, 3.63) is 53.1 Å². The molecular weight excluding hydrogens is 332 g/mol. The third-order valence-corrected chi connectivity index (χ3v) is 4.73. The highest BCUT2D eigenvalue weighted by Gasteiger charge is 2.27. The van der Waals surface area contributed by atoms with Gasteiger partial charge in [0.05, 0.1) is 31.4 Å². The van der Waals surface area contributed by atoms with E-state index in [2.05, 4.69) is 11.4 Å². The highest BCUT2D eigenvalue weighted by molar-refractivity contribution is 6.05. The molecule has 0 aromatic heterocycles. The molecule has 2 amide bonds. The first-order chi connectivity index (χ1) is 12.5. The van der Waals surface area contributed by atoms with Crippen LogP contribution < -0.4 is 20.5 Å². The number of primary amides is 1. The number of benzene rings is 2. The first-order valence-electron chi connectivity index (χ1n) is 8.49. The van der Waals surface area contributed by atoms with Gasteiger partial charge in [0.25, 0.3) is 5.91 Å². The van der Waals surface area contributed by atoms with E-state index in [1.165, 1.54) is 25.8 Å². The average molecular weight is 354 g/mol. The zero-order valence-corrected chi connectivity index (χ0v) is 14.9. The summed E-state index contributed by atoms with van der Waals surface area (Å²) in [7, 11) is 2.96. The van der Waals surface area contributed by atoms with Gasteiger partial charge in [0.15, 0.2) is 11.5 Å². The summed E-state index contributed by atoms with van der Waals surface area (Å²) in [6, 6.07) is 11.0. The Morgan fingerprint density at radius 2 is 1.81 bits per heavy atom. The van der Waals surface area contributed by atoms with Crippen LogP contribution in [-0.2, 0) is 11.2 Å². The summed E-state index contributed by atoms with van der Waals surface area (Å²) in [5.41, 5.74) is 8.21. The Morgan fingerprint density at radius 3 is 2.50 bits per heavy atom. The van der Waals surface area contributed by atoms with Gasteiger partial charge < -0.3 is 20.5 Å². The van der Waals surface area contributed by atoms with E-state index in [0.717, 1.165) is 24.8 Å². The Balaban J connectivity index is 1.94. The molecule has 0 fully saturated rings. The summed E-state index contributed by atoms with van der Waals surface area (Å²) in [5, 5.41) is 2.85. The minimum absolute atomic E-state index is 0.160. The Labute approximate surface area is 152 Å². The monoisotopic (exact) mass is 354 g/mol. The summed E-state index contributed by atoms with van der Waals surface area (Å²) in [6.45, 7) is 0. The maximum atomic E-state index is 12.9. The molecule has 0 saturated carbocycles. The Kier molecular flexibility index (Phi) is 5.11. The molecule has 3 N–H and O–H groups in total. The van der Waals surface area contributed by atoms with E-state index in [1.807, 2.05) is 18.2 Å². The van der Waals surface area contributed by atoms with Crippen molar-refractivity contribution in [3.8, 4) is 11.5 Å². The number of amides is 2. The summed E-state index contributed by atoms with van der Waals surface area (Å²) < 4.78 is 10.5. The molecule has 0 bridgehead atoms. The number of hydrogen-bond acceptors (Lipinski definition) is 4. The summed E-state index contributed by atoms with van der Waals surface area (Å²) in [4.78, 5) is 24.7. The minimum Gasteiger partial charge on any atom is -0.493 e. The molecular formula is C20H22N2O4. The van der Waals surface area contributed by atoms with Crippen molar-refractivity contribution >= 4 is 17.5 Å². The summed E-state index contributed by atoms with van der Waals surface area (Å²) in [6.07, 6.45) is 2.69. The number of aryl methyl sites for hydroxylation is 1. The van der Waals surface area contributed by atoms with Crippen molar-refractivity contribution in [2.75, 3.05) is 19.5 Å². The fourth-order valence-corrected chi connectivity index (χ4v) is 3.43. The van der Waals surface area contributed by atoms with Gasteiger partial charge in [-0.15, -0.1) is 0 Å². The van der Waals surface area contributed by atoms with Crippen molar-refractivity contribution < 1.29 is 19.1 Å². The van der Waals surface area contributed by atoms with Gasteiger partial charge in [-0.2, -0.15) is 0 Å². The van der Waals surface area contributed by atoms with Gasteiger partial charge in [-0.25, -0.2) is 0 Å². The molecule has 26 heavy (non-hydrogen) atoms. The van der Waals surface area contributed by atoms with Crippen LogP contribution in [0.5, 0.6) is 11.5 Å². The number of rotatable bonds is 5. The van der Waals surface area contributed by atoms with E-state index in [1.54, 1.807) is 6.07 Å². The maximum absolute atomic E-state index is 12.9. The van der Waals surface area contributed by atoms with Crippen molar-refractivity contribution in [2.45, 2.75) is 25.2 Å². The molecule has 2 aromatic rings. The number of fused-ring (bicyclic) bond motifs is 1. The molecule has 1 aliphatic carbocycles. The van der Waals surface area contributed by atoms with E-state index < -0.39 is 5.91 Å². The molecule has 0 aliphatic heterocycles. The predicted octanol–water partition coefficient (Wildman–Crippen LogP) is 2.86. The number of nitrogens with one attached hydrogen (secondary N) is 1. The van der Waals surface area contributed by atoms with E-state index in [9.17, 15) is 9.59 Å². The van der Waals surface area contributed by atoms with Gasteiger partial charge in [-0.1, -0.05) is 24.3 Å². The van der Waals surface area contributed by atoms with Gasteiger partial charge in [-0.3, -0.25) is 9.59 Å². The van der Waals surface area contributed by atoms with Crippen LogP contribution in [0.2, 0.25) is 0 Å². The van der Waals surface area contributed by atoms with Gasteiger partial charge >= 0.3 is 0 Å². The first-order valence-corrected chi connectivity index (χ1v) is 8.49. The molecule has 0 saturated heterocycles. The van der Waals surface area contributed by atoms with Crippen LogP contribution in [0.25, 0.3) is 0 Å². The minimum atomic E-state index is -0.648. The lowest BCUT2D eigenvalue weighted by molar-refractivity contribution is -0.117. The second-order valence-electron chi connectivity index (χ2n) is 6.25. The number of anilines is 1. The third kappa shape index (κ3) is 3.35. The zero-order chi connectivity index (χ0) is 18.7. The molecule has 0 unspecified atom stereocenters. The first kappa shape index (κ1) is 17.8. The quantitative estimate of drug-likeness (QED) is 0.864. The van der Waals surface area contributed by atoms with Crippen LogP contribution in [0.1, 0.15) is 40.2 Å². The molecule has 3 rings (SSSR count). The van der Waals surface area contributed by atoms with Crippen LogP contribution in [0.4, 0.5) is 5.69 Å². The van der Waals surface area contributed by atoms with E-state index in [0.29, 0.717) is 17.2 Å². The lowest BCUT2D eigenvalue weighted by atomic mass is 9.82. The maximum Gasteiger partial charge on any atom is 0.250 e. The van der Waals surface area contributed by atoms with Gasteiger partial charge in [0.2, 0.25) is 5.91 Å². The lowest BCUT2D eigenvalue weighted by Gasteiger charge is -2.25. The highest BCUT2D eigenvalue weighted by Crippen LogP contribution is 2.36. The number of ether oxygens (including phenoxy) is 2. The number of nitrogens with two attached hydrogens (primary N) is 1. The van der Waals surface area contributed by atoms with Crippen LogP contribution in [0.15, 0.2) is 36.4 Å². The van der Waals surface area contributed by atoms with E-state index in [-0.39, 0.29) is 17.4 Å². The molecule has 0 heterocycles. The number of carbonyl (C=O) groups excluding carboxylic acids is 2. The highest BCUT2D eigenvalue weighted by atomic mass is 16.5. The fraction of sp³-hybridized carbons (Fsp3) is 0.300. The molecule has 1 atom stereocenters. The Hall–Kier alpha value is -3.02. The number of carbonyl (C=O) groups is 2. The zero-order valence-electron chi connectivity index (χ0n) is 14.9. The molecule has 1 aliphatic rings. The predicted molar refractivity (Wildman–Crippen MR) is 98.8 cm³/mol. The lowest BCUT2D eigenvalue weighted by Crippen LogP contribution is -2.26. The van der Waals surface area contributed by atoms with Crippen molar-refractivity contribution in [3.63, 3.8) is 0 Å². The van der Waals surface area contributed by atoms with Crippen LogP contribution in [0, 0.1) is 0 Å². The van der Waals surface area contributed by atoms with Gasteiger partial charge in [-0.05, 0) is 36.5 Å². The SMILES string of the molecule is COc1cc(NC(=O)[C@@H]2CCCc3ccccc32)c(C(N)=O)cc1OC. The average Bonchev–Trinajstić information content (AvgIpc) is 2.66. The smallest absolute Gasteiger partial charge is 0.250 e. The van der Waals surface area contributed by atoms with Gasteiger partial charge in [0, 0.05) is 6.07 Å². The molecule has 0 radical (unpaired) electrons. The Morgan fingerprint density at radius 1 is 1.12 bits per heavy atom. The van der Waals surface area contributed by atoms with Crippen molar-refractivity contribution in [1.82, 2.24) is 0 Å². The van der Waals surface area contributed by atoms with Crippen molar-refractivity contribution in [1.29, 1.82) is 0 Å². The standard InChI is InChI=1S/C20H22N2O4/c1-25-17-10-15(19(21)23)16(11-18(17)26-2)22-20(24)14-9-5-7-12-6-3-4-8-13(12)14/h3-4,6,8,10-11,14H,5,7,9H2,1-2H3,(H2,21,23)(H,22,24)/t14-/m1/s1. The van der Waals surface area contributed by atoms with Crippen molar-refractivity contribution in [2.24, 2.45) is 5.73 Å². The normalized spacial score (nSPS) is 15.7. The summed E-state index contributed by atoms with van der Waals surface area (Å²) >= 11 is 0.